The fourth-order valence-electron chi connectivity index (χ4n) is 3.41. The molecular formula is C14H25NOS. The lowest BCUT2D eigenvalue weighted by molar-refractivity contribution is -0.132. The van der Waals surface area contributed by atoms with Crippen LogP contribution < -0.4 is 0 Å². The van der Waals surface area contributed by atoms with Gasteiger partial charge in [0.2, 0.25) is 5.91 Å². The molecule has 1 heterocycles. The highest BCUT2D eigenvalue weighted by Crippen LogP contribution is 2.35. The number of thioether (sulfide) groups is 1. The topological polar surface area (TPSA) is 20.3 Å². The summed E-state index contributed by atoms with van der Waals surface area (Å²) in [5.41, 5.74) is 0. The Morgan fingerprint density at radius 3 is 2.53 bits per heavy atom. The Balaban J connectivity index is 1.98. The van der Waals surface area contributed by atoms with Crippen LogP contribution in [-0.4, -0.2) is 34.9 Å². The first-order valence-electron chi connectivity index (χ1n) is 7.07. The van der Waals surface area contributed by atoms with E-state index in [4.69, 9.17) is 0 Å². The summed E-state index contributed by atoms with van der Waals surface area (Å²) in [7, 11) is 0. The Bertz CT molecular complexity index is 263. The lowest BCUT2D eigenvalue weighted by Gasteiger charge is -2.35. The fraction of sp³-hybridized carbons (Fsp3) is 0.929. The monoisotopic (exact) mass is 255 g/mol. The molecule has 98 valence electrons. The van der Waals surface area contributed by atoms with Gasteiger partial charge in [-0.2, -0.15) is 11.8 Å². The van der Waals surface area contributed by atoms with Crippen LogP contribution in [0.15, 0.2) is 0 Å². The van der Waals surface area contributed by atoms with Gasteiger partial charge in [-0.25, -0.2) is 0 Å². The zero-order valence-corrected chi connectivity index (χ0v) is 12.0. The molecule has 0 N–H and O–H groups in total. The molecule has 1 aliphatic carbocycles. The summed E-state index contributed by atoms with van der Waals surface area (Å²) < 4.78 is 0. The van der Waals surface area contributed by atoms with Gasteiger partial charge in [-0.05, 0) is 44.8 Å². The van der Waals surface area contributed by atoms with Crippen LogP contribution >= 0.6 is 11.8 Å². The number of rotatable bonds is 3. The van der Waals surface area contributed by atoms with E-state index in [-0.39, 0.29) is 5.25 Å². The van der Waals surface area contributed by atoms with Crippen LogP contribution in [0.1, 0.15) is 51.9 Å². The minimum atomic E-state index is 0.138. The van der Waals surface area contributed by atoms with Crippen LogP contribution in [0.5, 0.6) is 0 Å². The van der Waals surface area contributed by atoms with Crippen LogP contribution in [0.3, 0.4) is 0 Å². The third kappa shape index (κ3) is 2.98. The van der Waals surface area contributed by atoms with Gasteiger partial charge < -0.3 is 4.90 Å². The largest absolute Gasteiger partial charge is 0.338 e. The molecule has 0 unspecified atom stereocenters. The van der Waals surface area contributed by atoms with Crippen molar-refractivity contribution < 1.29 is 4.79 Å². The van der Waals surface area contributed by atoms with E-state index in [9.17, 15) is 4.79 Å². The first kappa shape index (κ1) is 13.3. The molecule has 0 bridgehead atoms. The van der Waals surface area contributed by atoms with E-state index in [0.29, 0.717) is 11.9 Å². The van der Waals surface area contributed by atoms with Gasteiger partial charge in [0.1, 0.15) is 0 Å². The first-order valence-corrected chi connectivity index (χ1v) is 8.36. The zero-order chi connectivity index (χ0) is 12.3. The minimum Gasteiger partial charge on any atom is -0.338 e. The van der Waals surface area contributed by atoms with E-state index in [1.807, 2.05) is 13.2 Å². The normalized spacial score (nSPS) is 28.4. The number of carbonyl (C=O) groups excluding carboxylic acids is 1. The van der Waals surface area contributed by atoms with Crippen molar-refractivity contribution in [3.63, 3.8) is 0 Å². The van der Waals surface area contributed by atoms with Gasteiger partial charge in [0, 0.05) is 12.6 Å². The standard InChI is InChI=1S/C14H25NOS/c1-11(17-2)14(16)15-10-6-9-13(15)12-7-4-3-5-8-12/h11-13H,3-10H2,1-2H3/t11-,13-/m0/s1. The van der Waals surface area contributed by atoms with E-state index in [2.05, 4.69) is 4.90 Å². The van der Waals surface area contributed by atoms with Gasteiger partial charge in [-0.3, -0.25) is 4.79 Å². The molecule has 17 heavy (non-hydrogen) atoms. The third-order valence-corrected chi connectivity index (χ3v) is 5.39. The van der Waals surface area contributed by atoms with Crippen molar-refractivity contribution in [2.24, 2.45) is 5.92 Å². The number of carbonyl (C=O) groups is 1. The van der Waals surface area contributed by atoms with E-state index in [1.54, 1.807) is 11.8 Å². The predicted octanol–water partition coefficient (Wildman–Crippen LogP) is 3.31. The molecule has 3 heteroatoms. The second-order valence-corrected chi connectivity index (χ2v) is 6.70. The molecule has 1 saturated carbocycles. The van der Waals surface area contributed by atoms with E-state index < -0.39 is 0 Å². The molecule has 2 fully saturated rings. The molecule has 1 amide bonds. The highest BCUT2D eigenvalue weighted by molar-refractivity contribution is 7.99. The summed E-state index contributed by atoms with van der Waals surface area (Å²) in [5, 5.41) is 0.138. The molecule has 0 spiro atoms. The third-order valence-electron chi connectivity index (χ3n) is 4.48. The van der Waals surface area contributed by atoms with Crippen molar-refractivity contribution in [2.75, 3.05) is 12.8 Å². The molecule has 0 aromatic rings. The average Bonchev–Trinajstić information content (AvgIpc) is 2.87. The average molecular weight is 255 g/mol. The minimum absolute atomic E-state index is 0.138. The molecule has 1 aliphatic heterocycles. The lowest BCUT2D eigenvalue weighted by atomic mass is 9.83. The Labute approximate surface area is 110 Å². The molecule has 1 saturated heterocycles. The molecule has 2 atom stereocenters. The summed E-state index contributed by atoms with van der Waals surface area (Å²) in [6.45, 7) is 3.05. The van der Waals surface area contributed by atoms with Crippen LogP contribution in [0, 0.1) is 5.92 Å². The first-order chi connectivity index (χ1) is 8.24. The molecular weight excluding hydrogens is 230 g/mol. The molecule has 2 rings (SSSR count). The van der Waals surface area contributed by atoms with Gasteiger partial charge >= 0.3 is 0 Å². The number of likely N-dealkylation sites (tertiary alicyclic amines) is 1. The number of hydrogen-bond donors (Lipinski definition) is 0. The van der Waals surface area contributed by atoms with Crippen molar-refractivity contribution in [3.05, 3.63) is 0 Å². The molecule has 0 aromatic carbocycles. The highest BCUT2D eigenvalue weighted by atomic mass is 32.2. The summed E-state index contributed by atoms with van der Waals surface area (Å²) in [6.07, 6.45) is 11.4. The van der Waals surface area contributed by atoms with Gasteiger partial charge in [0.15, 0.2) is 0 Å². The summed E-state index contributed by atoms with van der Waals surface area (Å²) in [6, 6.07) is 0.567. The Hall–Kier alpha value is -0.180. The van der Waals surface area contributed by atoms with Crippen molar-refractivity contribution in [3.8, 4) is 0 Å². The van der Waals surface area contributed by atoms with E-state index in [1.165, 1.54) is 44.9 Å². The van der Waals surface area contributed by atoms with Gasteiger partial charge in [-0.15, -0.1) is 0 Å². The van der Waals surface area contributed by atoms with Crippen molar-refractivity contribution in [1.82, 2.24) is 4.90 Å². The summed E-state index contributed by atoms with van der Waals surface area (Å²) in [4.78, 5) is 14.5. The molecule has 0 aromatic heterocycles. The maximum atomic E-state index is 12.3. The van der Waals surface area contributed by atoms with Gasteiger partial charge in [0.25, 0.3) is 0 Å². The maximum Gasteiger partial charge on any atom is 0.235 e. The maximum absolute atomic E-state index is 12.3. The van der Waals surface area contributed by atoms with Crippen LogP contribution in [-0.2, 0) is 4.79 Å². The Morgan fingerprint density at radius 1 is 1.18 bits per heavy atom. The predicted molar refractivity (Wildman–Crippen MR) is 74.3 cm³/mol. The van der Waals surface area contributed by atoms with Gasteiger partial charge in [-0.1, -0.05) is 19.3 Å². The molecule has 2 nitrogen and oxygen atoms in total. The second kappa shape index (κ2) is 6.12. The fourth-order valence-corrected chi connectivity index (χ4v) is 3.75. The van der Waals surface area contributed by atoms with Crippen LogP contribution in [0.4, 0.5) is 0 Å². The molecule has 0 radical (unpaired) electrons. The van der Waals surface area contributed by atoms with Crippen molar-refractivity contribution >= 4 is 17.7 Å². The number of amides is 1. The van der Waals surface area contributed by atoms with Crippen molar-refractivity contribution in [1.29, 1.82) is 0 Å². The Morgan fingerprint density at radius 2 is 1.88 bits per heavy atom. The number of hydrogen-bond acceptors (Lipinski definition) is 2. The quantitative estimate of drug-likeness (QED) is 0.771. The highest BCUT2D eigenvalue weighted by Gasteiger charge is 2.36. The summed E-state index contributed by atoms with van der Waals surface area (Å²) >= 11 is 1.68. The van der Waals surface area contributed by atoms with Crippen LogP contribution in [0.2, 0.25) is 0 Å². The van der Waals surface area contributed by atoms with Crippen LogP contribution in [0.25, 0.3) is 0 Å². The lowest BCUT2D eigenvalue weighted by Crippen LogP contribution is -2.44. The number of nitrogens with zero attached hydrogens (tertiary/aromatic N) is 1. The Kier molecular flexibility index (Phi) is 4.78. The van der Waals surface area contributed by atoms with E-state index in [0.717, 1.165) is 12.5 Å². The zero-order valence-electron chi connectivity index (χ0n) is 11.2. The smallest absolute Gasteiger partial charge is 0.235 e. The molecule has 2 aliphatic rings. The van der Waals surface area contributed by atoms with E-state index >= 15 is 0 Å². The van der Waals surface area contributed by atoms with Gasteiger partial charge in [0.05, 0.1) is 5.25 Å². The summed E-state index contributed by atoms with van der Waals surface area (Å²) in [5.74, 6) is 1.18. The van der Waals surface area contributed by atoms with Crippen molar-refractivity contribution in [2.45, 2.75) is 63.2 Å². The SMILES string of the molecule is CS[C@@H](C)C(=O)N1CCC[C@H]1C1CCCCC1. The second-order valence-electron chi connectivity index (χ2n) is 5.52.